The van der Waals surface area contributed by atoms with Crippen LogP contribution in [0.3, 0.4) is 0 Å². The van der Waals surface area contributed by atoms with Crippen molar-refractivity contribution >= 4 is 11.8 Å². The molecule has 0 aliphatic rings. The van der Waals surface area contributed by atoms with Crippen molar-refractivity contribution in [2.75, 3.05) is 13.2 Å². The number of hydroxylamine groups is 1. The quantitative estimate of drug-likeness (QED) is 0.714. The molecule has 100 valence electrons. The smallest absolute Gasteiger partial charge is 0.254 e. The first-order valence-corrected chi connectivity index (χ1v) is 5.80. The number of hydrogen-bond donors (Lipinski definition) is 2. The lowest BCUT2D eigenvalue weighted by atomic mass is 10.2. The predicted octanol–water partition coefficient (Wildman–Crippen LogP) is 1.10. The van der Waals surface area contributed by atoms with Gasteiger partial charge in [0.25, 0.3) is 5.91 Å². The van der Waals surface area contributed by atoms with E-state index in [9.17, 15) is 9.59 Å². The van der Waals surface area contributed by atoms with E-state index in [0.29, 0.717) is 18.1 Å². The highest BCUT2D eigenvalue weighted by molar-refractivity contribution is 5.93. The molecule has 0 aliphatic heterocycles. The molecule has 0 bridgehead atoms. The van der Waals surface area contributed by atoms with Crippen LogP contribution in [0.4, 0.5) is 0 Å². The van der Waals surface area contributed by atoms with E-state index in [4.69, 9.17) is 9.25 Å². The third-order valence-corrected chi connectivity index (χ3v) is 2.02. The summed E-state index contributed by atoms with van der Waals surface area (Å²) in [6.45, 7) is 4.68. The zero-order valence-corrected chi connectivity index (χ0v) is 10.6. The molecular weight excluding hydrogens is 236 g/mol. The predicted molar refractivity (Wildman–Crippen MR) is 64.6 cm³/mol. The number of carbonyl (C=O) groups is 2. The monoisotopic (exact) mass is 254 g/mol. The van der Waals surface area contributed by atoms with Gasteiger partial charge in [-0.2, -0.15) is 0 Å². The molecule has 0 atom stereocenters. The molecule has 1 aromatic rings. The Kier molecular flexibility index (Phi) is 5.93. The Balaban J connectivity index is 2.10. The van der Waals surface area contributed by atoms with Crippen molar-refractivity contribution in [3.63, 3.8) is 0 Å². The summed E-state index contributed by atoms with van der Waals surface area (Å²) >= 11 is 0. The molecule has 0 spiro atoms. The lowest BCUT2D eigenvalue weighted by molar-refractivity contribution is -0.134. The molecule has 0 aromatic carbocycles. The highest BCUT2D eigenvalue weighted by Gasteiger charge is 2.07. The minimum Gasteiger partial charge on any atom is -0.472 e. The largest absolute Gasteiger partial charge is 0.472 e. The van der Waals surface area contributed by atoms with Gasteiger partial charge >= 0.3 is 0 Å². The standard InChI is InChI=1S/C12H18N2O4/c1-9(2)7-18-14-11(15)3-5-13-12(16)10-4-6-17-8-10/h4,6,8-9H,3,5,7H2,1-2H3,(H,13,16)(H,14,15). The minimum absolute atomic E-state index is 0.168. The van der Waals surface area contributed by atoms with Gasteiger partial charge in [-0.1, -0.05) is 13.8 Å². The third-order valence-electron chi connectivity index (χ3n) is 2.02. The molecule has 6 nitrogen and oxygen atoms in total. The van der Waals surface area contributed by atoms with Crippen molar-refractivity contribution in [3.8, 4) is 0 Å². The fourth-order valence-electron chi connectivity index (χ4n) is 1.13. The van der Waals surface area contributed by atoms with Crippen LogP contribution in [0, 0.1) is 5.92 Å². The Morgan fingerprint density at radius 3 is 2.83 bits per heavy atom. The summed E-state index contributed by atoms with van der Waals surface area (Å²) in [6, 6.07) is 1.56. The van der Waals surface area contributed by atoms with Crippen molar-refractivity contribution < 1.29 is 18.8 Å². The first-order chi connectivity index (χ1) is 8.59. The Labute approximate surface area is 106 Å². The van der Waals surface area contributed by atoms with Crippen LogP contribution >= 0.6 is 0 Å². The van der Waals surface area contributed by atoms with Gasteiger partial charge in [0.15, 0.2) is 0 Å². The van der Waals surface area contributed by atoms with Crippen LogP contribution in [0.2, 0.25) is 0 Å². The van der Waals surface area contributed by atoms with E-state index in [2.05, 4.69) is 10.8 Å². The average Bonchev–Trinajstić information content (AvgIpc) is 2.81. The molecule has 18 heavy (non-hydrogen) atoms. The average molecular weight is 254 g/mol. The summed E-state index contributed by atoms with van der Waals surface area (Å²) in [5.41, 5.74) is 2.75. The molecule has 0 aliphatic carbocycles. The number of hydrogen-bond acceptors (Lipinski definition) is 4. The molecule has 0 unspecified atom stereocenters. The highest BCUT2D eigenvalue weighted by atomic mass is 16.6. The Hall–Kier alpha value is -1.82. The molecule has 1 heterocycles. The van der Waals surface area contributed by atoms with Crippen LogP contribution in [0.5, 0.6) is 0 Å². The van der Waals surface area contributed by atoms with Crippen molar-refractivity contribution in [2.24, 2.45) is 5.92 Å². The summed E-state index contributed by atoms with van der Waals surface area (Å²) in [4.78, 5) is 27.7. The van der Waals surface area contributed by atoms with Gasteiger partial charge in [-0.25, -0.2) is 5.48 Å². The van der Waals surface area contributed by atoms with Gasteiger partial charge in [-0.15, -0.1) is 0 Å². The number of rotatable bonds is 7. The lowest BCUT2D eigenvalue weighted by Gasteiger charge is -2.08. The Morgan fingerprint density at radius 1 is 1.44 bits per heavy atom. The van der Waals surface area contributed by atoms with Crippen molar-refractivity contribution in [1.29, 1.82) is 0 Å². The number of carbonyl (C=O) groups excluding carboxylic acids is 2. The Bertz CT molecular complexity index is 373. The molecular formula is C12H18N2O4. The van der Waals surface area contributed by atoms with Gasteiger partial charge in [0.05, 0.1) is 18.4 Å². The zero-order chi connectivity index (χ0) is 13.4. The van der Waals surface area contributed by atoms with Gasteiger partial charge in [0, 0.05) is 13.0 Å². The fraction of sp³-hybridized carbons (Fsp3) is 0.500. The molecule has 2 N–H and O–H groups in total. The molecule has 0 saturated heterocycles. The van der Waals surface area contributed by atoms with E-state index in [1.54, 1.807) is 6.07 Å². The van der Waals surface area contributed by atoms with Crippen molar-refractivity contribution in [1.82, 2.24) is 10.8 Å². The number of furan rings is 1. The van der Waals surface area contributed by atoms with Gasteiger partial charge in [-0.3, -0.25) is 14.4 Å². The lowest BCUT2D eigenvalue weighted by Crippen LogP contribution is -2.31. The fourth-order valence-corrected chi connectivity index (χ4v) is 1.13. The van der Waals surface area contributed by atoms with E-state index in [0.717, 1.165) is 0 Å². The van der Waals surface area contributed by atoms with E-state index >= 15 is 0 Å². The molecule has 2 amide bonds. The SMILES string of the molecule is CC(C)CONC(=O)CCNC(=O)c1ccoc1. The van der Waals surface area contributed by atoms with Gasteiger partial charge in [-0.05, 0) is 12.0 Å². The minimum atomic E-state index is -0.264. The first kappa shape index (κ1) is 14.2. The van der Waals surface area contributed by atoms with E-state index in [1.165, 1.54) is 12.5 Å². The second kappa shape index (κ2) is 7.50. The van der Waals surface area contributed by atoms with Crippen LogP contribution in [0.15, 0.2) is 23.0 Å². The van der Waals surface area contributed by atoms with Crippen LogP contribution in [-0.4, -0.2) is 25.0 Å². The molecule has 0 radical (unpaired) electrons. The zero-order valence-electron chi connectivity index (χ0n) is 10.6. The summed E-state index contributed by atoms with van der Waals surface area (Å²) in [5.74, 6) is -0.172. The topological polar surface area (TPSA) is 80.6 Å². The normalized spacial score (nSPS) is 10.4. The van der Waals surface area contributed by atoms with Gasteiger partial charge in [0.2, 0.25) is 5.91 Å². The first-order valence-electron chi connectivity index (χ1n) is 5.80. The maximum Gasteiger partial charge on any atom is 0.254 e. The molecule has 1 rings (SSSR count). The number of amides is 2. The summed E-state index contributed by atoms with van der Waals surface area (Å²) in [5, 5.41) is 2.60. The summed E-state index contributed by atoms with van der Waals surface area (Å²) in [7, 11) is 0. The molecule has 1 aromatic heterocycles. The molecule has 0 fully saturated rings. The Morgan fingerprint density at radius 2 is 2.22 bits per heavy atom. The number of nitrogens with one attached hydrogen (secondary N) is 2. The molecule has 0 saturated carbocycles. The maximum absolute atomic E-state index is 11.5. The van der Waals surface area contributed by atoms with Gasteiger partial charge in [0.1, 0.15) is 6.26 Å². The van der Waals surface area contributed by atoms with Crippen LogP contribution in [0.25, 0.3) is 0 Å². The van der Waals surface area contributed by atoms with Gasteiger partial charge < -0.3 is 9.73 Å². The summed E-state index contributed by atoms with van der Waals surface area (Å²) in [6.07, 6.45) is 2.93. The van der Waals surface area contributed by atoms with Crippen molar-refractivity contribution in [3.05, 3.63) is 24.2 Å². The van der Waals surface area contributed by atoms with Crippen LogP contribution in [-0.2, 0) is 9.63 Å². The second-order valence-corrected chi connectivity index (χ2v) is 4.25. The highest BCUT2D eigenvalue weighted by Crippen LogP contribution is 1.98. The van der Waals surface area contributed by atoms with Crippen LogP contribution in [0.1, 0.15) is 30.6 Å². The van der Waals surface area contributed by atoms with Crippen LogP contribution < -0.4 is 10.8 Å². The maximum atomic E-state index is 11.5. The van der Waals surface area contributed by atoms with E-state index < -0.39 is 0 Å². The molecule has 6 heteroatoms. The van der Waals surface area contributed by atoms with E-state index in [1.807, 2.05) is 13.8 Å². The second-order valence-electron chi connectivity index (χ2n) is 4.25. The summed E-state index contributed by atoms with van der Waals surface area (Å²) < 4.78 is 4.78. The van der Waals surface area contributed by atoms with Crippen molar-refractivity contribution in [2.45, 2.75) is 20.3 Å². The third kappa shape index (κ3) is 5.49. The van der Waals surface area contributed by atoms with E-state index in [-0.39, 0.29) is 24.8 Å².